The van der Waals surface area contributed by atoms with Crippen LogP contribution in [-0.4, -0.2) is 17.5 Å². The predicted molar refractivity (Wildman–Crippen MR) is 75.7 cm³/mol. The normalized spacial score (nSPS) is 9.95. The lowest BCUT2D eigenvalue weighted by molar-refractivity contribution is -0.384. The number of hydrogen-bond acceptors (Lipinski definition) is 5. The largest absolute Gasteiger partial charge is 0.493 e. The monoisotopic (exact) mass is 287 g/mol. The van der Waals surface area contributed by atoms with Gasteiger partial charge in [-0.15, -0.1) is 0 Å². The summed E-state index contributed by atoms with van der Waals surface area (Å²) in [4.78, 5) is 22.3. The second-order valence-electron chi connectivity index (χ2n) is 4.07. The van der Waals surface area contributed by atoms with Crippen LogP contribution in [0.25, 0.3) is 0 Å². The van der Waals surface area contributed by atoms with E-state index in [0.717, 1.165) is 0 Å². The molecule has 2 rings (SSSR count). The molecule has 0 saturated heterocycles. The molecule has 6 nitrogen and oxygen atoms in total. The lowest BCUT2D eigenvalue weighted by atomic mass is 10.2. The van der Waals surface area contributed by atoms with Crippen molar-refractivity contribution in [1.29, 1.82) is 0 Å². The van der Waals surface area contributed by atoms with Crippen molar-refractivity contribution in [3.05, 3.63) is 64.2 Å². The first kappa shape index (κ1) is 14.5. The number of non-ortho nitro benzene ring substituents is 1. The standard InChI is InChI=1S/C15H13NO5/c1-2-20-14-9-4-3-8-13(14)15(17)21-12-7-5-6-11(10-12)16(18)19/h3-10H,2H2,1H3. The van der Waals surface area contributed by atoms with Crippen LogP contribution in [0.4, 0.5) is 5.69 Å². The number of para-hydroxylation sites is 1. The number of carbonyl (C=O) groups excluding carboxylic acids is 1. The number of nitro benzene ring substituents is 1. The maximum absolute atomic E-state index is 12.1. The van der Waals surface area contributed by atoms with Gasteiger partial charge < -0.3 is 9.47 Å². The fourth-order valence-electron chi connectivity index (χ4n) is 1.74. The summed E-state index contributed by atoms with van der Waals surface area (Å²) in [7, 11) is 0. The molecule has 6 heteroatoms. The summed E-state index contributed by atoms with van der Waals surface area (Å²) < 4.78 is 10.5. The van der Waals surface area contributed by atoms with E-state index in [0.29, 0.717) is 12.4 Å². The molecular weight excluding hydrogens is 274 g/mol. The van der Waals surface area contributed by atoms with Crippen molar-refractivity contribution in [2.24, 2.45) is 0 Å². The van der Waals surface area contributed by atoms with Crippen molar-refractivity contribution >= 4 is 11.7 Å². The summed E-state index contributed by atoms with van der Waals surface area (Å²) in [6, 6.07) is 12.1. The number of carbonyl (C=O) groups is 1. The number of esters is 1. The summed E-state index contributed by atoms with van der Waals surface area (Å²) in [5, 5.41) is 10.7. The highest BCUT2D eigenvalue weighted by molar-refractivity contribution is 5.94. The summed E-state index contributed by atoms with van der Waals surface area (Å²) in [5.41, 5.74) is 0.129. The van der Waals surface area contributed by atoms with E-state index in [4.69, 9.17) is 9.47 Å². The van der Waals surface area contributed by atoms with Crippen LogP contribution in [0.15, 0.2) is 48.5 Å². The van der Waals surface area contributed by atoms with Gasteiger partial charge in [0.15, 0.2) is 0 Å². The molecule has 108 valence electrons. The number of benzene rings is 2. The lowest BCUT2D eigenvalue weighted by Crippen LogP contribution is -2.10. The zero-order valence-electron chi connectivity index (χ0n) is 11.3. The summed E-state index contributed by atoms with van der Waals surface area (Å²) in [6.07, 6.45) is 0. The predicted octanol–water partition coefficient (Wildman–Crippen LogP) is 3.21. The third kappa shape index (κ3) is 3.56. The third-order valence-corrected chi connectivity index (χ3v) is 2.65. The second kappa shape index (κ2) is 6.51. The van der Waals surface area contributed by atoms with E-state index < -0.39 is 10.9 Å². The number of rotatable bonds is 5. The van der Waals surface area contributed by atoms with Crippen LogP contribution in [0.2, 0.25) is 0 Å². The van der Waals surface area contributed by atoms with Crippen LogP contribution >= 0.6 is 0 Å². The van der Waals surface area contributed by atoms with Crippen molar-refractivity contribution in [2.75, 3.05) is 6.61 Å². The number of ether oxygens (including phenoxy) is 2. The topological polar surface area (TPSA) is 78.7 Å². The van der Waals surface area contributed by atoms with Crippen LogP contribution < -0.4 is 9.47 Å². The smallest absolute Gasteiger partial charge is 0.347 e. The van der Waals surface area contributed by atoms with Gasteiger partial charge in [0.1, 0.15) is 17.1 Å². The molecule has 0 aliphatic rings. The van der Waals surface area contributed by atoms with E-state index in [2.05, 4.69) is 0 Å². The molecule has 0 bridgehead atoms. The summed E-state index contributed by atoms with van der Waals surface area (Å²) in [6.45, 7) is 2.23. The van der Waals surface area contributed by atoms with Gasteiger partial charge in [-0.3, -0.25) is 10.1 Å². The number of nitrogens with zero attached hydrogens (tertiary/aromatic N) is 1. The van der Waals surface area contributed by atoms with E-state index in [-0.39, 0.29) is 17.0 Å². The Morgan fingerprint density at radius 1 is 1.19 bits per heavy atom. The molecule has 0 spiro atoms. The van der Waals surface area contributed by atoms with Crippen LogP contribution in [0.5, 0.6) is 11.5 Å². The molecule has 0 saturated carbocycles. The first-order valence-electron chi connectivity index (χ1n) is 6.30. The third-order valence-electron chi connectivity index (χ3n) is 2.65. The molecule has 0 heterocycles. The molecule has 2 aromatic carbocycles. The quantitative estimate of drug-likeness (QED) is 0.365. The Balaban J connectivity index is 2.22. The van der Waals surface area contributed by atoms with Gasteiger partial charge in [0.2, 0.25) is 0 Å². The molecular formula is C15H13NO5. The van der Waals surface area contributed by atoms with E-state index in [1.54, 1.807) is 24.3 Å². The Morgan fingerprint density at radius 2 is 1.95 bits per heavy atom. The van der Waals surface area contributed by atoms with Crippen LogP contribution in [0, 0.1) is 10.1 Å². The van der Waals surface area contributed by atoms with Crippen LogP contribution in [0.1, 0.15) is 17.3 Å². The van der Waals surface area contributed by atoms with Gasteiger partial charge in [-0.05, 0) is 25.1 Å². The Kier molecular flexibility index (Phi) is 4.50. The minimum Gasteiger partial charge on any atom is -0.493 e. The Hall–Kier alpha value is -2.89. The zero-order valence-corrected chi connectivity index (χ0v) is 11.3. The first-order chi connectivity index (χ1) is 10.1. The van der Waals surface area contributed by atoms with Gasteiger partial charge in [-0.2, -0.15) is 0 Å². The maximum Gasteiger partial charge on any atom is 0.347 e. The summed E-state index contributed by atoms with van der Waals surface area (Å²) >= 11 is 0. The highest BCUT2D eigenvalue weighted by Crippen LogP contribution is 2.23. The van der Waals surface area contributed by atoms with Crippen molar-refractivity contribution in [3.8, 4) is 11.5 Å². The highest BCUT2D eigenvalue weighted by atomic mass is 16.6. The fraction of sp³-hybridized carbons (Fsp3) is 0.133. The minimum absolute atomic E-state index is 0.112. The molecule has 0 unspecified atom stereocenters. The summed E-state index contributed by atoms with van der Waals surface area (Å²) in [5.74, 6) is -0.101. The molecule has 0 aromatic heterocycles. The number of hydrogen-bond donors (Lipinski definition) is 0. The molecule has 0 N–H and O–H groups in total. The lowest BCUT2D eigenvalue weighted by Gasteiger charge is -2.09. The first-order valence-corrected chi connectivity index (χ1v) is 6.30. The Morgan fingerprint density at radius 3 is 2.67 bits per heavy atom. The Bertz CT molecular complexity index is 669. The fourth-order valence-corrected chi connectivity index (χ4v) is 1.74. The van der Waals surface area contributed by atoms with Crippen molar-refractivity contribution in [3.63, 3.8) is 0 Å². The highest BCUT2D eigenvalue weighted by Gasteiger charge is 2.15. The molecule has 0 aliphatic carbocycles. The van der Waals surface area contributed by atoms with Gasteiger partial charge in [0.05, 0.1) is 17.6 Å². The van der Waals surface area contributed by atoms with E-state index in [1.807, 2.05) is 6.92 Å². The second-order valence-corrected chi connectivity index (χ2v) is 4.07. The van der Waals surface area contributed by atoms with Gasteiger partial charge in [-0.1, -0.05) is 18.2 Å². The molecule has 21 heavy (non-hydrogen) atoms. The average Bonchev–Trinajstić information content (AvgIpc) is 2.48. The Labute approximate surface area is 121 Å². The molecule has 0 atom stereocenters. The minimum atomic E-state index is -0.625. The van der Waals surface area contributed by atoms with E-state index in [9.17, 15) is 14.9 Å². The van der Waals surface area contributed by atoms with E-state index in [1.165, 1.54) is 24.3 Å². The van der Waals surface area contributed by atoms with Gasteiger partial charge in [0.25, 0.3) is 5.69 Å². The van der Waals surface area contributed by atoms with Crippen LogP contribution in [0.3, 0.4) is 0 Å². The SMILES string of the molecule is CCOc1ccccc1C(=O)Oc1cccc([N+](=O)[O-])c1. The van der Waals surface area contributed by atoms with E-state index >= 15 is 0 Å². The van der Waals surface area contributed by atoms with Crippen LogP contribution in [-0.2, 0) is 0 Å². The van der Waals surface area contributed by atoms with Crippen molar-refractivity contribution in [1.82, 2.24) is 0 Å². The molecule has 0 radical (unpaired) electrons. The van der Waals surface area contributed by atoms with Gasteiger partial charge in [0, 0.05) is 6.07 Å². The van der Waals surface area contributed by atoms with Crippen molar-refractivity contribution in [2.45, 2.75) is 6.92 Å². The molecule has 0 fully saturated rings. The average molecular weight is 287 g/mol. The molecule has 2 aromatic rings. The molecule has 0 amide bonds. The molecule has 0 aliphatic heterocycles. The van der Waals surface area contributed by atoms with Gasteiger partial charge >= 0.3 is 5.97 Å². The zero-order chi connectivity index (χ0) is 15.2. The number of nitro groups is 1. The van der Waals surface area contributed by atoms with Gasteiger partial charge in [-0.25, -0.2) is 4.79 Å². The van der Waals surface area contributed by atoms with Crippen molar-refractivity contribution < 1.29 is 19.2 Å². The maximum atomic E-state index is 12.1.